The third-order valence-electron chi connectivity index (χ3n) is 5.74. The van der Waals surface area contributed by atoms with Gasteiger partial charge in [0.25, 0.3) is 0 Å². The molecule has 3 aromatic carbocycles. The Hall–Kier alpha value is -3.18. The molecule has 1 aliphatic rings. The number of rotatable bonds is 5. The molecule has 174 valence electrons. The van der Waals surface area contributed by atoms with Crippen LogP contribution >= 0.6 is 12.4 Å². The minimum absolute atomic E-state index is 0. The summed E-state index contributed by atoms with van der Waals surface area (Å²) in [6, 6.07) is 13.7. The molecule has 3 aromatic rings. The fourth-order valence-corrected chi connectivity index (χ4v) is 4.38. The average Bonchev–Trinajstić information content (AvgIpc) is 2.73. The fourth-order valence-electron chi connectivity index (χ4n) is 4.38. The highest BCUT2D eigenvalue weighted by molar-refractivity contribution is 5.88. The number of methoxy groups -OCH3 is 1. The van der Waals surface area contributed by atoms with Crippen LogP contribution in [0.15, 0.2) is 54.6 Å². The molecule has 0 radical (unpaired) electrons. The second kappa shape index (κ2) is 9.36. The molecule has 0 bridgehead atoms. The van der Waals surface area contributed by atoms with Crippen LogP contribution in [0.4, 0.5) is 10.1 Å². The van der Waals surface area contributed by atoms with Crippen molar-refractivity contribution < 1.29 is 19.0 Å². The Kier molecular flexibility index (Phi) is 6.94. The second-order valence-corrected chi connectivity index (χ2v) is 8.77. The van der Waals surface area contributed by atoms with Crippen LogP contribution in [0, 0.1) is 12.7 Å². The molecule has 1 heterocycles. The van der Waals surface area contributed by atoms with Gasteiger partial charge in [-0.1, -0.05) is 18.2 Å². The van der Waals surface area contributed by atoms with Gasteiger partial charge in [0.2, 0.25) is 0 Å². The van der Waals surface area contributed by atoms with Gasteiger partial charge in [-0.05, 0) is 68.7 Å². The van der Waals surface area contributed by atoms with E-state index in [-0.39, 0.29) is 36.1 Å². The lowest BCUT2D eigenvalue weighted by Gasteiger charge is -2.33. The number of ether oxygens (including phenoxy) is 2. The summed E-state index contributed by atoms with van der Waals surface area (Å²) in [4.78, 5) is 0. The van der Waals surface area contributed by atoms with Crippen molar-refractivity contribution in [3.05, 3.63) is 77.1 Å². The predicted octanol–water partition coefficient (Wildman–Crippen LogP) is 7.12. The number of phenols is 1. The molecule has 33 heavy (non-hydrogen) atoms. The van der Waals surface area contributed by atoms with Gasteiger partial charge < -0.3 is 19.9 Å². The second-order valence-electron chi connectivity index (χ2n) is 8.77. The summed E-state index contributed by atoms with van der Waals surface area (Å²) >= 11 is 0. The summed E-state index contributed by atoms with van der Waals surface area (Å²) in [5.74, 6) is 0.882. The maximum Gasteiger partial charge on any atom is 0.130 e. The minimum atomic E-state index is -0.333. The van der Waals surface area contributed by atoms with Crippen LogP contribution in [-0.2, 0) is 6.61 Å². The van der Waals surface area contributed by atoms with E-state index in [4.69, 9.17) is 9.47 Å². The van der Waals surface area contributed by atoms with Gasteiger partial charge in [-0.25, -0.2) is 4.39 Å². The maximum atomic E-state index is 13.8. The van der Waals surface area contributed by atoms with Crippen LogP contribution in [-0.4, -0.2) is 17.8 Å². The molecule has 0 amide bonds. The Balaban J connectivity index is 0.00000306. The summed E-state index contributed by atoms with van der Waals surface area (Å²) in [6.07, 6.45) is 2.20. The third-order valence-corrected chi connectivity index (χ3v) is 5.74. The van der Waals surface area contributed by atoms with Crippen LogP contribution in [0.3, 0.4) is 0 Å². The number of anilines is 1. The number of benzene rings is 3. The van der Waals surface area contributed by atoms with Gasteiger partial charge in [-0.15, -0.1) is 12.4 Å². The Bertz CT molecular complexity index is 1220. The van der Waals surface area contributed by atoms with E-state index in [2.05, 4.69) is 38.2 Å². The summed E-state index contributed by atoms with van der Waals surface area (Å²) in [7, 11) is 1.58. The zero-order valence-electron chi connectivity index (χ0n) is 19.5. The van der Waals surface area contributed by atoms with Crippen molar-refractivity contribution in [3.63, 3.8) is 0 Å². The smallest absolute Gasteiger partial charge is 0.130 e. The average molecular weight is 470 g/mol. The number of allylic oxidation sites excluding steroid dienone is 1. The summed E-state index contributed by atoms with van der Waals surface area (Å²) in [6.45, 7) is 8.50. The molecule has 4 nitrogen and oxygen atoms in total. The van der Waals surface area contributed by atoms with Gasteiger partial charge in [0.15, 0.2) is 0 Å². The first kappa shape index (κ1) is 24.5. The largest absolute Gasteiger partial charge is 0.508 e. The minimum Gasteiger partial charge on any atom is -0.508 e. The Morgan fingerprint density at radius 3 is 2.42 bits per heavy atom. The molecule has 0 unspecified atom stereocenters. The maximum absolute atomic E-state index is 13.8. The molecule has 0 saturated carbocycles. The Labute approximate surface area is 200 Å². The quantitative estimate of drug-likeness (QED) is 0.417. The Morgan fingerprint density at radius 2 is 1.70 bits per heavy atom. The molecule has 1 aliphatic heterocycles. The number of halogens is 2. The molecule has 0 atom stereocenters. The van der Waals surface area contributed by atoms with Crippen LogP contribution in [0.25, 0.3) is 16.7 Å². The van der Waals surface area contributed by atoms with E-state index in [1.165, 1.54) is 12.1 Å². The van der Waals surface area contributed by atoms with Crippen molar-refractivity contribution in [2.24, 2.45) is 0 Å². The van der Waals surface area contributed by atoms with Gasteiger partial charge in [0, 0.05) is 34.5 Å². The highest BCUT2D eigenvalue weighted by atomic mass is 35.5. The molecular weight excluding hydrogens is 441 g/mol. The van der Waals surface area contributed by atoms with E-state index in [1.807, 2.05) is 19.1 Å². The zero-order valence-corrected chi connectivity index (χ0v) is 20.3. The SMILES string of the molecule is COc1cc(O)ccc1-c1ccc2c(c1COc1cc(F)ccc1C)C(C)=CC(C)(C)N2.Cl. The van der Waals surface area contributed by atoms with Gasteiger partial charge in [-0.2, -0.15) is 0 Å². The van der Waals surface area contributed by atoms with Crippen molar-refractivity contribution >= 4 is 23.7 Å². The molecule has 0 saturated heterocycles. The van der Waals surface area contributed by atoms with E-state index >= 15 is 0 Å². The highest BCUT2D eigenvalue weighted by Gasteiger charge is 2.27. The molecule has 4 rings (SSSR count). The molecule has 0 aliphatic carbocycles. The lowest BCUT2D eigenvalue weighted by atomic mass is 9.85. The number of hydrogen-bond donors (Lipinski definition) is 2. The van der Waals surface area contributed by atoms with Crippen LogP contribution in [0.1, 0.15) is 37.5 Å². The van der Waals surface area contributed by atoms with Gasteiger partial charge in [-0.3, -0.25) is 0 Å². The van der Waals surface area contributed by atoms with Gasteiger partial charge >= 0.3 is 0 Å². The topological polar surface area (TPSA) is 50.7 Å². The van der Waals surface area contributed by atoms with E-state index in [9.17, 15) is 9.50 Å². The number of fused-ring (bicyclic) bond motifs is 1. The highest BCUT2D eigenvalue weighted by Crippen LogP contribution is 2.43. The number of aromatic hydroxyl groups is 1. The van der Waals surface area contributed by atoms with E-state index in [1.54, 1.807) is 25.3 Å². The van der Waals surface area contributed by atoms with E-state index in [0.717, 1.165) is 39.1 Å². The summed E-state index contributed by atoms with van der Waals surface area (Å²) in [5, 5.41) is 13.5. The lowest BCUT2D eigenvalue weighted by Crippen LogP contribution is -2.32. The van der Waals surface area contributed by atoms with Crippen LogP contribution < -0.4 is 14.8 Å². The Morgan fingerprint density at radius 1 is 0.970 bits per heavy atom. The first-order chi connectivity index (χ1) is 15.2. The lowest BCUT2D eigenvalue weighted by molar-refractivity contribution is 0.302. The first-order valence-corrected chi connectivity index (χ1v) is 10.6. The number of hydrogen-bond acceptors (Lipinski definition) is 4. The van der Waals surface area contributed by atoms with Crippen molar-refractivity contribution in [2.75, 3.05) is 12.4 Å². The molecule has 0 spiro atoms. The number of aryl methyl sites for hydroxylation is 1. The molecule has 6 heteroatoms. The fraction of sp³-hybridized carbons (Fsp3) is 0.259. The van der Waals surface area contributed by atoms with E-state index < -0.39 is 0 Å². The van der Waals surface area contributed by atoms with Crippen molar-refractivity contribution in [3.8, 4) is 28.4 Å². The standard InChI is InChI=1S/C27H28FNO3.ClH/c1-16-6-7-18(28)12-24(16)32-15-22-20(21-9-8-19(30)13-25(21)31-5)10-11-23-26(22)17(2)14-27(3,4)29-23;/h6-14,29-30H,15H2,1-5H3;1H. The summed E-state index contributed by atoms with van der Waals surface area (Å²) in [5.41, 5.74) is 6.66. The number of phenolic OH excluding ortho intramolecular Hbond substituents is 1. The normalized spacial score (nSPS) is 13.8. The first-order valence-electron chi connectivity index (χ1n) is 10.6. The molecule has 2 N–H and O–H groups in total. The van der Waals surface area contributed by atoms with Crippen molar-refractivity contribution in [1.82, 2.24) is 0 Å². The van der Waals surface area contributed by atoms with Crippen LogP contribution in [0.5, 0.6) is 17.2 Å². The van der Waals surface area contributed by atoms with Gasteiger partial charge in [0.1, 0.15) is 29.7 Å². The van der Waals surface area contributed by atoms with Crippen molar-refractivity contribution in [2.45, 2.75) is 39.8 Å². The van der Waals surface area contributed by atoms with E-state index in [0.29, 0.717) is 11.5 Å². The van der Waals surface area contributed by atoms with Gasteiger partial charge in [0.05, 0.1) is 12.6 Å². The van der Waals surface area contributed by atoms with Crippen molar-refractivity contribution in [1.29, 1.82) is 0 Å². The third kappa shape index (κ3) is 4.93. The molecular formula is C27H29ClFNO3. The monoisotopic (exact) mass is 469 g/mol. The molecule has 0 fully saturated rings. The predicted molar refractivity (Wildman–Crippen MR) is 134 cm³/mol. The zero-order chi connectivity index (χ0) is 23.0. The number of nitrogens with one attached hydrogen (secondary N) is 1. The summed E-state index contributed by atoms with van der Waals surface area (Å²) < 4.78 is 25.5. The molecule has 0 aromatic heterocycles. The van der Waals surface area contributed by atoms with Crippen LogP contribution in [0.2, 0.25) is 0 Å².